The predicted molar refractivity (Wildman–Crippen MR) is 73.8 cm³/mol. The zero-order chi connectivity index (χ0) is 13.2. The highest BCUT2D eigenvalue weighted by molar-refractivity contribution is 7.88. The smallest absolute Gasteiger partial charge is 0.212 e. The average Bonchev–Trinajstić information content (AvgIpc) is 2.29. The van der Waals surface area contributed by atoms with Gasteiger partial charge in [0.2, 0.25) is 10.0 Å². The minimum atomic E-state index is -3.14. The largest absolute Gasteiger partial charge is 0.218 e. The molecule has 0 amide bonds. The fourth-order valence-electron chi connectivity index (χ4n) is 2.37. The molecular formula is C14H21NO2S. The average molecular weight is 267 g/mol. The van der Waals surface area contributed by atoms with Crippen molar-refractivity contribution in [1.82, 2.24) is 4.31 Å². The summed E-state index contributed by atoms with van der Waals surface area (Å²) in [5, 5.41) is 0. The van der Waals surface area contributed by atoms with Gasteiger partial charge in [-0.05, 0) is 31.2 Å². The molecule has 0 unspecified atom stereocenters. The fourth-order valence-corrected chi connectivity index (χ4v) is 3.92. The molecule has 0 bridgehead atoms. The van der Waals surface area contributed by atoms with Crippen molar-refractivity contribution in [3.63, 3.8) is 0 Å². The van der Waals surface area contributed by atoms with Gasteiger partial charge in [-0.3, -0.25) is 0 Å². The summed E-state index contributed by atoms with van der Waals surface area (Å²) in [4.78, 5) is 0. The Labute approximate surface area is 110 Å². The van der Waals surface area contributed by atoms with Crippen LogP contribution < -0.4 is 0 Å². The maximum atomic E-state index is 12.3. The summed E-state index contributed by atoms with van der Waals surface area (Å²) in [7, 11) is -3.14. The van der Waals surface area contributed by atoms with Crippen LogP contribution in [0.15, 0.2) is 24.3 Å². The third-order valence-corrected chi connectivity index (χ3v) is 5.42. The molecule has 1 aromatic rings. The molecule has 1 aromatic carbocycles. The van der Waals surface area contributed by atoms with Crippen molar-refractivity contribution in [3.8, 4) is 0 Å². The molecule has 0 aliphatic carbocycles. The highest BCUT2D eigenvalue weighted by atomic mass is 32.2. The number of hydrogen-bond acceptors (Lipinski definition) is 2. The Bertz CT molecular complexity index is 502. The van der Waals surface area contributed by atoms with Crippen molar-refractivity contribution >= 4 is 10.0 Å². The molecule has 100 valence electrons. The number of aryl methyl sites for hydroxylation is 1. The summed E-state index contributed by atoms with van der Waals surface area (Å²) >= 11 is 0. The molecule has 2 rings (SSSR count). The summed E-state index contributed by atoms with van der Waals surface area (Å²) in [6, 6.07) is 7.73. The number of sulfonamides is 1. The normalized spacial score (nSPS) is 19.0. The molecule has 0 saturated carbocycles. The number of nitrogens with zero attached hydrogens (tertiary/aromatic N) is 1. The van der Waals surface area contributed by atoms with Crippen molar-refractivity contribution < 1.29 is 8.42 Å². The zero-order valence-corrected chi connectivity index (χ0v) is 11.9. The molecule has 1 fully saturated rings. The maximum absolute atomic E-state index is 12.3. The minimum absolute atomic E-state index is 0.128. The van der Waals surface area contributed by atoms with E-state index in [1.165, 1.54) is 0 Å². The van der Waals surface area contributed by atoms with Gasteiger partial charge >= 0.3 is 0 Å². The van der Waals surface area contributed by atoms with Crippen LogP contribution in [-0.4, -0.2) is 25.8 Å². The van der Waals surface area contributed by atoms with E-state index in [9.17, 15) is 8.42 Å². The molecule has 0 radical (unpaired) electrons. The Morgan fingerprint density at radius 1 is 1.28 bits per heavy atom. The Morgan fingerprint density at radius 2 is 1.94 bits per heavy atom. The van der Waals surface area contributed by atoms with E-state index < -0.39 is 10.0 Å². The first kappa shape index (κ1) is 13.6. The van der Waals surface area contributed by atoms with Crippen LogP contribution in [0.1, 0.15) is 30.9 Å². The number of hydrogen-bond donors (Lipinski definition) is 0. The topological polar surface area (TPSA) is 37.4 Å². The van der Waals surface area contributed by atoms with Gasteiger partial charge in [-0.2, -0.15) is 0 Å². The second-order valence-corrected chi connectivity index (χ2v) is 7.30. The van der Waals surface area contributed by atoms with Crippen LogP contribution in [0.2, 0.25) is 0 Å². The van der Waals surface area contributed by atoms with E-state index in [0.29, 0.717) is 19.0 Å². The summed E-state index contributed by atoms with van der Waals surface area (Å²) < 4.78 is 26.2. The van der Waals surface area contributed by atoms with Crippen molar-refractivity contribution in [3.05, 3.63) is 35.4 Å². The molecule has 0 spiro atoms. The minimum Gasteiger partial charge on any atom is -0.212 e. The second kappa shape index (κ2) is 5.41. The van der Waals surface area contributed by atoms with Gasteiger partial charge in [0.05, 0.1) is 5.75 Å². The Kier molecular flexibility index (Phi) is 4.07. The van der Waals surface area contributed by atoms with Crippen molar-refractivity contribution in [1.29, 1.82) is 0 Å². The molecule has 1 aliphatic heterocycles. The summed E-state index contributed by atoms with van der Waals surface area (Å²) in [6.45, 7) is 5.52. The van der Waals surface area contributed by atoms with Crippen LogP contribution in [0.3, 0.4) is 0 Å². The second-order valence-electron chi connectivity index (χ2n) is 5.33. The quantitative estimate of drug-likeness (QED) is 0.844. The lowest BCUT2D eigenvalue weighted by atomic mass is 10.0. The molecule has 4 heteroatoms. The molecule has 18 heavy (non-hydrogen) atoms. The van der Waals surface area contributed by atoms with Gasteiger partial charge < -0.3 is 0 Å². The Hall–Kier alpha value is -0.870. The fraction of sp³-hybridized carbons (Fsp3) is 0.571. The molecule has 0 atom stereocenters. The number of rotatable bonds is 3. The molecular weight excluding hydrogens is 246 g/mol. The van der Waals surface area contributed by atoms with Gasteiger partial charge in [-0.1, -0.05) is 36.8 Å². The molecule has 0 N–H and O–H groups in total. The van der Waals surface area contributed by atoms with E-state index in [2.05, 4.69) is 6.92 Å². The van der Waals surface area contributed by atoms with Gasteiger partial charge in [-0.15, -0.1) is 0 Å². The van der Waals surface area contributed by atoms with E-state index in [1.807, 2.05) is 31.2 Å². The van der Waals surface area contributed by atoms with Crippen LogP contribution in [0.5, 0.6) is 0 Å². The highest BCUT2D eigenvalue weighted by Crippen LogP contribution is 2.21. The van der Waals surface area contributed by atoms with Gasteiger partial charge in [0.15, 0.2) is 0 Å². The Balaban J connectivity index is 2.08. The lowest BCUT2D eigenvalue weighted by Gasteiger charge is -2.29. The van der Waals surface area contributed by atoms with E-state index in [0.717, 1.165) is 24.0 Å². The first-order chi connectivity index (χ1) is 8.47. The third kappa shape index (κ3) is 3.33. The van der Waals surface area contributed by atoms with E-state index in [-0.39, 0.29) is 5.75 Å². The number of piperidine rings is 1. The standard InChI is InChI=1S/C14H21NO2S/c1-12-6-8-15(9-7-12)18(16,17)11-14-5-3-4-13(2)10-14/h3-5,10,12H,6-9,11H2,1-2H3. The first-order valence-corrected chi connectivity index (χ1v) is 8.11. The lowest BCUT2D eigenvalue weighted by molar-refractivity contribution is 0.287. The maximum Gasteiger partial charge on any atom is 0.218 e. The Morgan fingerprint density at radius 3 is 2.56 bits per heavy atom. The molecule has 1 heterocycles. The molecule has 1 aliphatic rings. The van der Waals surface area contributed by atoms with Crippen LogP contribution >= 0.6 is 0 Å². The predicted octanol–water partition coefficient (Wildman–Crippen LogP) is 2.56. The highest BCUT2D eigenvalue weighted by Gasteiger charge is 2.26. The van der Waals surface area contributed by atoms with Gasteiger partial charge in [0, 0.05) is 13.1 Å². The molecule has 0 aromatic heterocycles. The third-order valence-electron chi connectivity index (χ3n) is 3.57. The monoisotopic (exact) mass is 267 g/mol. The van der Waals surface area contributed by atoms with Crippen LogP contribution in [0.25, 0.3) is 0 Å². The summed E-state index contributed by atoms with van der Waals surface area (Å²) in [6.07, 6.45) is 1.96. The van der Waals surface area contributed by atoms with E-state index in [1.54, 1.807) is 4.31 Å². The van der Waals surface area contributed by atoms with E-state index >= 15 is 0 Å². The summed E-state index contributed by atoms with van der Waals surface area (Å²) in [5.41, 5.74) is 1.99. The van der Waals surface area contributed by atoms with Crippen molar-refractivity contribution in [2.45, 2.75) is 32.4 Å². The van der Waals surface area contributed by atoms with Gasteiger partial charge in [0.25, 0.3) is 0 Å². The van der Waals surface area contributed by atoms with E-state index in [4.69, 9.17) is 0 Å². The van der Waals surface area contributed by atoms with Gasteiger partial charge in [-0.25, -0.2) is 12.7 Å². The number of benzene rings is 1. The molecule has 3 nitrogen and oxygen atoms in total. The lowest BCUT2D eigenvalue weighted by Crippen LogP contribution is -2.38. The van der Waals surface area contributed by atoms with Crippen molar-refractivity contribution in [2.24, 2.45) is 5.92 Å². The van der Waals surface area contributed by atoms with Crippen LogP contribution in [0, 0.1) is 12.8 Å². The molecule has 1 saturated heterocycles. The van der Waals surface area contributed by atoms with Gasteiger partial charge in [0.1, 0.15) is 0 Å². The first-order valence-electron chi connectivity index (χ1n) is 6.51. The van der Waals surface area contributed by atoms with Crippen molar-refractivity contribution in [2.75, 3.05) is 13.1 Å². The van der Waals surface area contributed by atoms with Crippen LogP contribution in [0.4, 0.5) is 0 Å². The van der Waals surface area contributed by atoms with Crippen LogP contribution in [-0.2, 0) is 15.8 Å². The summed E-state index contributed by atoms with van der Waals surface area (Å²) in [5.74, 6) is 0.777. The zero-order valence-electron chi connectivity index (χ0n) is 11.1. The SMILES string of the molecule is Cc1cccc(CS(=O)(=O)N2CCC(C)CC2)c1.